The monoisotopic (exact) mass is 427 g/mol. The number of nitrogens with one attached hydrogen (secondary N) is 2. The van der Waals surface area contributed by atoms with Crippen molar-refractivity contribution in [1.82, 2.24) is 20.3 Å². The van der Waals surface area contributed by atoms with Gasteiger partial charge in [0.15, 0.2) is 5.11 Å². The number of fused-ring (bicyclic) bond motifs is 1. The first-order valence-electron chi connectivity index (χ1n) is 8.29. The fraction of sp³-hybridized carbons (Fsp3) is 0.0526. The molecule has 0 unspecified atom stereocenters. The Bertz CT molecular complexity index is 1190. The normalized spacial score (nSPS) is 10.8. The van der Waals surface area contributed by atoms with Crippen molar-refractivity contribution in [3.8, 4) is 5.69 Å². The predicted octanol–water partition coefficient (Wildman–Crippen LogP) is 4.57. The lowest BCUT2D eigenvalue weighted by Gasteiger charge is -2.08. The van der Waals surface area contributed by atoms with E-state index in [1.165, 1.54) is 16.1 Å². The van der Waals surface area contributed by atoms with Crippen molar-refractivity contribution in [2.75, 3.05) is 5.32 Å². The van der Waals surface area contributed by atoms with Crippen molar-refractivity contribution in [1.29, 1.82) is 0 Å². The van der Waals surface area contributed by atoms with Crippen LogP contribution in [0.2, 0.25) is 5.02 Å². The minimum atomic E-state index is -0.240. The Morgan fingerprint density at radius 1 is 1.14 bits per heavy atom. The molecule has 0 aliphatic rings. The van der Waals surface area contributed by atoms with Crippen LogP contribution in [0.15, 0.2) is 53.9 Å². The van der Waals surface area contributed by atoms with Gasteiger partial charge in [-0.15, -0.1) is 21.5 Å². The van der Waals surface area contributed by atoms with Gasteiger partial charge in [0, 0.05) is 10.7 Å². The fourth-order valence-corrected chi connectivity index (χ4v) is 3.55. The van der Waals surface area contributed by atoms with Gasteiger partial charge in [0.2, 0.25) is 0 Å². The zero-order valence-corrected chi connectivity index (χ0v) is 17.0. The molecule has 2 aromatic carbocycles. The number of nitrogens with zero attached hydrogens (tertiary/aromatic N) is 3. The molecule has 0 radical (unpaired) electrons. The smallest absolute Gasteiger partial charge is 0.267 e. The molecule has 2 N–H and O–H groups in total. The van der Waals surface area contributed by atoms with E-state index in [0.29, 0.717) is 21.1 Å². The molecule has 0 saturated heterocycles. The molecule has 0 fully saturated rings. The second kappa shape index (κ2) is 7.67. The lowest BCUT2D eigenvalue weighted by molar-refractivity contribution is 0.0981. The van der Waals surface area contributed by atoms with E-state index >= 15 is 0 Å². The highest BCUT2D eigenvalue weighted by molar-refractivity contribution is 7.80. The van der Waals surface area contributed by atoms with E-state index in [9.17, 15) is 4.79 Å². The van der Waals surface area contributed by atoms with Gasteiger partial charge in [-0.1, -0.05) is 23.7 Å². The Labute approximate surface area is 175 Å². The van der Waals surface area contributed by atoms with Crippen molar-refractivity contribution < 1.29 is 4.79 Å². The summed E-state index contributed by atoms with van der Waals surface area (Å²) >= 11 is 12.8. The lowest BCUT2D eigenvalue weighted by Crippen LogP contribution is -2.33. The lowest BCUT2D eigenvalue weighted by atomic mass is 10.2. The van der Waals surface area contributed by atoms with E-state index < -0.39 is 0 Å². The van der Waals surface area contributed by atoms with Crippen molar-refractivity contribution >= 4 is 62.9 Å². The average Bonchev–Trinajstić information content (AvgIpc) is 3.33. The number of aromatic nitrogens is 3. The van der Waals surface area contributed by atoms with Gasteiger partial charge >= 0.3 is 0 Å². The maximum atomic E-state index is 12.1. The number of hydrogen-bond donors (Lipinski definition) is 2. The number of anilines is 1. The molecule has 9 heteroatoms. The first-order chi connectivity index (χ1) is 13.5. The molecule has 140 valence electrons. The van der Waals surface area contributed by atoms with Gasteiger partial charge in [-0.25, -0.2) is 0 Å². The maximum Gasteiger partial charge on any atom is 0.267 e. The van der Waals surface area contributed by atoms with Crippen LogP contribution in [0.5, 0.6) is 0 Å². The van der Waals surface area contributed by atoms with Gasteiger partial charge < -0.3 is 5.32 Å². The van der Waals surface area contributed by atoms with Crippen LogP contribution in [0.25, 0.3) is 16.7 Å². The number of halogens is 1. The summed E-state index contributed by atoms with van der Waals surface area (Å²) in [5.41, 5.74) is 3.90. The third kappa shape index (κ3) is 3.89. The van der Waals surface area contributed by atoms with Gasteiger partial charge in [-0.2, -0.15) is 4.80 Å². The zero-order chi connectivity index (χ0) is 19.7. The number of amides is 1. The Balaban J connectivity index is 1.52. The van der Waals surface area contributed by atoms with Crippen LogP contribution in [0, 0.1) is 6.92 Å². The molecule has 6 nitrogen and oxygen atoms in total. The summed E-state index contributed by atoms with van der Waals surface area (Å²) in [6.07, 6.45) is 0. The summed E-state index contributed by atoms with van der Waals surface area (Å²) in [7, 11) is 0. The number of thiocarbonyl (C=S) groups is 1. The Hall–Kier alpha value is -2.81. The number of carbonyl (C=O) groups is 1. The quantitative estimate of drug-likeness (QED) is 0.468. The highest BCUT2D eigenvalue weighted by atomic mass is 35.5. The summed E-state index contributed by atoms with van der Waals surface area (Å²) in [4.78, 5) is 14.2. The topological polar surface area (TPSA) is 71.8 Å². The highest BCUT2D eigenvalue weighted by Crippen LogP contribution is 2.21. The number of hydrogen-bond acceptors (Lipinski definition) is 5. The summed E-state index contributed by atoms with van der Waals surface area (Å²) in [6, 6.07) is 14.7. The number of aryl methyl sites for hydroxylation is 1. The SMILES string of the molecule is Cc1ccc(-n2nc3ccc(NC(=S)NC(=O)c4cccs4)cc3n2)cc1Cl. The molecule has 4 aromatic rings. The molecule has 0 atom stereocenters. The van der Waals surface area contributed by atoms with E-state index in [1.54, 1.807) is 6.07 Å². The van der Waals surface area contributed by atoms with E-state index in [2.05, 4.69) is 20.8 Å². The largest absolute Gasteiger partial charge is 0.332 e. The van der Waals surface area contributed by atoms with Crippen molar-refractivity contribution in [2.45, 2.75) is 6.92 Å². The number of benzene rings is 2. The maximum absolute atomic E-state index is 12.1. The van der Waals surface area contributed by atoms with Crippen LogP contribution in [-0.2, 0) is 0 Å². The minimum Gasteiger partial charge on any atom is -0.332 e. The molecule has 4 rings (SSSR count). The van der Waals surface area contributed by atoms with Crippen molar-refractivity contribution in [2.24, 2.45) is 0 Å². The fourth-order valence-electron chi connectivity index (χ4n) is 2.55. The van der Waals surface area contributed by atoms with Gasteiger partial charge in [0.05, 0.1) is 10.6 Å². The first kappa shape index (κ1) is 18.5. The number of carbonyl (C=O) groups excluding carboxylic acids is 1. The van der Waals surface area contributed by atoms with Crippen molar-refractivity contribution in [3.05, 3.63) is 69.4 Å². The Kier molecular flexibility index (Phi) is 5.08. The Morgan fingerprint density at radius 3 is 2.71 bits per heavy atom. The predicted molar refractivity (Wildman–Crippen MR) is 117 cm³/mol. The van der Waals surface area contributed by atoms with Gasteiger partial charge in [0.1, 0.15) is 11.0 Å². The summed E-state index contributed by atoms with van der Waals surface area (Å²) in [5, 5.41) is 17.3. The average molecular weight is 428 g/mol. The first-order valence-corrected chi connectivity index (χ1v) is 9.96. The van der Waals surface area contributed by atoms with Crippen molar-refractivity contribution in [3.63, 3.8) is 0 Å². The molecule has 0 aliphatic carbocycles. The van der Waals surface area contributed by atoms with Crippen LogP contribution in [0.3, 0.4) is 0 Å². The summed E-state index contributed by atoms with van der Waals surface area (Å²) in [6.45, 7) is 1.94. The molecule has 1 amide bonds. The Morgan fingerprint density at radius 2 is 1.96 bits per heavy atom. The van der Waals surface area contributed by atoms with Gasteiger partial charge in [-0.05, 0) is 66.5 Å². The summed E-state index contributed by atoms with van der Waals surface area (Å²) < 4.78 is 0. The van der Waals surface area contributed by atoms with E-state index in [4.69, 9.17) is 23.8 Å². The molecule has 0 bridgehead atoms. The molecular weight excluding hydrogens is 414 g/mol. The molecule has 2 heterocycles. The third-order valence-corrected chi connectivity index (χ3v) is 5.48. The van der Waals surface area contributed by atoms with Crippen LogP contribution >= 0.6 is 35.2 Å². The molecule has 0 spiro atoms. The molecule has 0 aliphatic heterocycles. The van der Waals surface area contributed by atoms with E-state index in [1.807, 2.05) is 54.8 Å². The van der Waals surface area contributed by atoms with Crippen LogP contribution < -0.4 is 10.6 Å². The van der Waals surface area contributed by atoms with Gasteiger partial charge in [-0.3, -0.25) is 10.1 Å². The summed E-state index contributed by atoms with van der Waals surface area (Å²) in [5.74, 6) is -0.240. The van der Waals surface area contributed by atoms with Crippen LogP contribution in [0.1, 0.15) is 15.2 Å². The standard InChI is InChI=1S/C19H14ClN5OS2/c1-11-4-6-13(10-14(11)20)25-23-15-7-5-12(9-16(15)24-25)21-19(27)22-18(26)17-3-2-8-28-17/h2-10H,1H3,(H2,21,22,26,27). The number of rotatable bonds is 3. The number of thiophene rings is 1. The molecule has 28 heavy (non-hydrogen) atoms. The van der Waals surface area contributed by atoms with E-state index in [-0.39, 0.29) is 11.0 Å². The highest BCUT2D eigenvalue weighted by Gasteiger charge is 2.10. The second-order valence-electron chi connectivity index (χ2n) is 6.01. The minimum absolute atomic E-state index is 0.218. The molecule has 2 aromatic heterocycles. The van der Waals surface area contributed by atoms with Crippen LogP contribution in [-0.4, -0.2) is 26.0 Å². The molecular formula is C19H14ClN5OS2. The third-order valence-electron chi connectivity index (χ3n) is 4.00. The van der Waals surface area contributed by atoms with Crippen LogP contribution in [0.4, 0.5) is 5.69 Å². The second-order valence-corrected chi connectivity index (χ2v) is 7.78. The molecule has 0 saturated carbocycles. The van der Waals surface area contributed by atoms with Gasteiger partial charge in [0.25, 0.3) is 5.91 Å². The zero-order valence-electron chi connectivity index (χ0n) is 14.6. The van der Waals surface area contributed by atoms with E-state index in [0.717, 1.165) is 16.8 Å².